The van der Waals surface area contributed by atoms with Crippen LogP contribution in [0.2, 0.25) is 0 Å². The van der Waals surface area contributed by atoms with Crippen molar-refractivity contribution < 1.29 is 14.3 Å². The van der Waals surface area contributed by atoms with Crippen LogP contribution in [-0.2, 0) is 20.9 Å². The lowest BCUT2D eigenvalue weighted by Crippen LogP contribution is -2.29. The molecule has 2 amide bonds. The number of carbonyl (C=O) groups excluding carboxylic acids is 2. The molecule has 1 aromatic carbocycles. The minimum Gasteiger partial charge on any atom is -0.381 e. The number of benzene rings is 1. The van der Waals surface area contributed by atoms with E-state index >= 15 is 0 Å². The molecule has 0 aliphatic carbocycles. The lowest BCUT2D eigenvalue weighted by atomic mass is 10.1. The van der Waals surface area contributed by atoms with Gasteiger partial charge in [0, 0.05) is 43.3 Å². The van der Waals surface area contributed by atoms with Gasteiger partial charge in [-0.25, -0.2) is 0 Å². The van der Waals surface area contributed by atoms with Crippen molar-refractivity contribution in [3.8, 4) is 0 Å². The number of hydrogen-bond acceptors (Lipinski definition) is 10. The van der Waals surface area contributed by atoms with E-state index in [-0.39, 0.29) is 24.1 Å². The summed E-state index contributed by atoms with van der Waals surface area (Å²) < 4.78 is 7.19. The van der Waals surface area contributed by atoms with E-state index in [1.165, 1.54) is 12.4 Å². The molecule has 216 valence electrons. The zero-order chi connectivity index (χ0) is 29.6. The summed E-state index contributed by atoms with van der Waals surface area (Å²) in [6.45, 7) is 9.65. The van der Waals surface area contributed by atoms with Crippen molar-refractivity contribution in [3.05, 3.63) is 66.5 Å². The van der Waals surface area contributed by atoms with Crippen LogP contribution in [0.15, 0.2) is 60.4 Å². The number of anilines is 3. The van der Waals surface area contributed by atoms with E-state index in [1.54, 1.807) is 22.7 Å². The van der Waals surface area contributed by atoms with Gasteiger partial charge in [0.2, 0.25) is 18.3 Å². The third-order valence-corrected chi connectivity index (χ3v) is 5.96. The number of aliphatic imine (C=N–C) groups is 1. The Morgan fingerprint density at radius 1 is 1.32 bits per heavy atom. The van der Waals surface area contributed by atoms with Crippen molar-refractivity contribution in [3.63, 3.8) is 0 Å². The molecule has 0 atom stereocenters. The summed E-state index contributed by atoms with van der Waals surface area (Å²) in [7, 11) is 0. The Morgan fingerprint density at radius 2 is 2.07 bits per heavy atom. The van der Waals surface area contributed by atoms with Gasteiger partial charge in [-0.3, -0.25) is 20.0 Å². The summed E-state index contributed by atoms with van der Waals surface area (Å²) in [5.41, 5.74) is 7.20. The zero-order valence-electron chi connectivity index (χ0n) is 23.2. The largest absolute Gasteiger partial charge is 0.381 e. The number of nitrogens with zero attached hydrogens (tertiary/aromatic N) is 5. The monoisotopic (exact) mass is 560 g/mol. The van der Waals surface area contributed by atoms with E-state index < -0.39 is 5.91 Å². The standard InChI is InChI=1S/C27H33N9O2.CH3NO/c1-4-5-11-29-17-23(28)25(37)32-21-8-6-7-19(14-21)15-30-27-35-26(33-20-9-12-38-13-10-20)34-24-22(18(2)3)16-31-36(24)27;2-1-3/h4-8,11,14,16-18,20,28H,1,9-10,12-13,15H2,2-3H3,(H,32,37)(H2,30,33,34,35);1H,(H2,2,3)/b11-5+,28-23?,29-17?;. The number of aromatic nitrogens is 4. The minimum absolute atomic E-state index is 0.250. The van der Waals surface area contributed by atoms with E-state index in [4.69, 9.17) is 24.9 Å². The Hall–Kier alpha value is -4.91. The fraction of sp³-hybridized carbons (Fsp3) is 0.321. The molecular formula is C28H36N10O3. The third-order valence-electron chi connectivity index (χ3n) is 5.96. The highest BCUT2D eigenvalue weighted by atomic mass is 16.5. The second-order valence-electron chi connectivity index (χ2n) is 9.31. The number of primary amides is 1. The van der Waals surface area contributed by atoms with Crippen LogP contribution in [0.4, 0.5) is 17.6 Å². The molecule has 0 radical (unpaired) electrons. The van der Waals surface area contributed by atoms with Crippen LogP contribution in [0.5, 0.6) is 0 Å². The highest BCUT2D eigenvalue weighted by molar-refractivity contribution is 6.62. The van der Waals surface area contributed by atoms with Crippen molar-refractivity contribution in [1.82, 2.24) is 19.6 Å². The normalized spacial score (nSPS) is 13.6. The Labute approximate surface area is 238 Å². The van der Waals surface area contributed by atoms with Crippen molar-refractivity contribution in [1.29, 1.82) is 5.41 Å². The van der Waals surface area contributed by atoms with Crippen molar-refractivity contribution in [2.24, 2.45) is 10.7 Å². The smallest absolute Gasteiger partial charge is 0.275 e. The van der Waals surface area contributed by atoms with E-state index in [2.05, 4.69) is 52.2 Å². The molecule has 4 rings (SSSR count). The second-order valence-corrected chi connectivity index (χ2v) is 9.31. The number of ether oxygens (including phenoxy) is 1. The van der Waals surface area contributed by atoms with Crippen molar-refractivity contribution in [2.45, 2.75) is 45.2 Å². The van der Waals surface area contributed by atoms with Gasteiger partial charge in [-0.2, -0.15) is 19.6 Å². The Balaban J connectivity index is 0.00000147. The maximum atomic E-state index is 12.3. The van der Waals surface area contributed by atoms with Gasteiger partial charge < -0.3 is 26.4 Å². The van der Waals surface area contributed by atoms with Gasteiger partial charge in [0.25, 0.3) is 5.91 Å². The highest BCUT2D eigenvalue weighted by Crippen LogP contribution is 2.23. The van der Waals surface area contributed by atoms with Gasteiger partial charge >= 0.3 is 0 Å². The first kappa shape index (κ1) is 30.6. The van der Waals surface area contributed by atoms with Gasteiger partial charge in [-0.1, -0.05) is 38.6 Å². The molecule has 0 unspecified atom stereocenters. The molecule has 2 aromatic heterocycles. The second kappa shape index (κ2) is 15.6. The maximum Gasteiger partial charge on any atom is 0.275 e. The maximum absolute atomic E-state index is 12.3. The summed E-state index contributed by atoms with van der Waals surface area (Å²) in [5.74, 6) is 0.827. The number of allylic oxidation sites excluding steroid dienone is 2. The molecule has 1 fully saturated rings. The highest BCUT2D eigenvalue weighted by Gasteiger charge is 2.19. The lowest BCUT2D eigenvalue weighted by molar-refractivity contribution is -0.110. The molecule has 41 heavy (non-hydrogen) atoms. The number of carbonyl (C=O) groups is 2. The van der Waals surface area contributed by atoms with Crippen LogP contribution in [0.3, 0.4) is 0 Å². The number of rotatable bonds is 11. The molecular weight excluding hydrogens is 524 g/mol. The topological polar surface area (TPSA) is 185 Å². The molecule has 0 spiro atoms. The summed E-state index contributed by atoms with van der Waals surface area (Å²) in [6.07, 6.45) is 9.70. The SMILES string of the molecule is C=C/C=C/N=CC(=N)C(=O)Nc1cccc(CNc2nc(NC3CCOCC3)nc3c(C(C)C)cnn23)c1.NC=O. The van der Waals surface area contributed by atoms with Gasteiger partial charge in [-0.05, 0) is 42.5 Å². The molecule has 3 heterocycles. The molecule has 13 heteroatoms. The molecule has 6 N–H and O–H groups in total. The van der Waals surface area contributed by atoms with Crippen LogP contribution >= 0.6 is 0 Å². The average molecular weight is 561 g/mol. The number of amides is 2. The summed E-state index contributed by atoms with van der Waals surface area (Å²) in [4.78, 5) is 34.3. The molecule has 13 nitrogen and oxygen atoms in total. The fourth-order valence-corrected chi connectivity index (χ4v) is 3.93. The first-order valence-corrected chi connectivity index (χ1v) is 13.1. The summed E-state index contributed by atoms with van der Waals surface area (Å²) in [5, 5.41) is 22.0. The van der Waals surface area contributed by atoms with Crippen LogP contribution in [0.1, 0.15) is 43.7 Å². The van der Waals surface area contributed by atoms with E-state index in [0.29, 0.717) is 24.1 Å². The minimum atomic E-state index is -0.551. The van der Waals surface area contributed by atoms with E-state index in [0.717, 1.165) is 42.8 Å². The number of nitrogens with two attached hydrogens (primary N) is 1. The quantitative estimate of drug-likeness (QED) is 0.134. The van der Waals surface area contributed by atoms with E-state index in [9.17, 15) is 4.79 Å². The van der Waals surface area contributed by atoms with Crippen LogP contribution in [0.25, 0.3) is 5.65 Å². The predicted octanol–water partition coefficient (Wildman–Crippen LogP) is 3.28. The first-order chi connectivity index (χ1) is 19.9. The Kier molecular flexibility index (Phi) is 11.7. The lowest BCUT2D eigenvalue weighted by Gasteiger charge is -2.23. The van der Waals surface area contributed by atoms with E-state index in [1.807, 2.05) is 24.4 Å². The van der Waals surface area contributed by atoms with Crippen molar-refractivity contribution in [2.75, 3.05) is 29.2 Å². The van der Waals surface area contributed by atoms with Crippen LogP contribution in [-0.4, -0.2) is 63.1 Å². The number of hydrogen-bond donors (Lipinski definition) is 5. The number of nitrogens with one attached hydrogen (secondary N) is 4. The predicted molar refractivity (Wildman–Crippen MR) is 161 cm³/mol. The van der Waals surface area contributed by atoms with Crippen LogP contribution in [0, 0.1) is 5.41 Å². The summed E-state index contributed by atoms with van der Waals surface area (Å²) in [6, 6.07) is 7.65. The average Bonchev–Trinajstić information content (AvgIpc) is 3.40. The molecule has 0 bridgehead atoms. The zero-order valence-corrected chi connectivity index (χ0v) is 23.2. The van der Waals surface area contributed by atoms with Gasteiger partial charge in [-0.15, -0.1) is 0 Å². The van der Waals surface area contributed by atoms with Crippen LogP contribution < -0.4 is 21.7 Å². The Bertz CT molecular complexity index is 1410. The number of fused-ring (bicyclic) bond motifs is 1. The molecule has 1 aliphatic rings. The van der Waals surface area contributed by atoms with Gasteiger partial charge in [0.05, 0.1) is 12.4 Å². The Morgan fingerprint density at radius 3 is 2.78 bits per heavy atom. The van der Waals surface area contributed by atoms with Gasteiger partial charge in [0.1, 0.15) is 5.71 Å². The third kappa shape index (κ3) is 9.07. The summed E-state index contributed by atoms with van der Waals surface area (Å²) >= 11 is 0. The molecule has 3 aromatic rings. The van der Waals surface area contributed by atoms with Crippen molar-refractivity contribution >= 4 is 47.5 Å². The molecule has 1 saturated heterocycles. The fourth-order valence-electron chi connectivity index (χ4n) is 3.93. The van der Waals surface area contributed by atoms with Gasteiger partial charge in [0.15, 0.2) is 5.65 Å². The first-order valence-electron chi connectivity index (χ1n) is 13.1. The molecule has 0 saturated carbocycles. The molecule has 1 aliphatic heterocycles.